The number of fused-ring (bicyclic) bond motifs is 1. The first-order valence-corrected chi connectivity index (χ1v) is 6.15. The van der Waals surface area contributed by atoms with E-state index in [4.69, 9.17) is 10.00 Å². The van der Waals surface area contributed by atoms with Crippen molar-refractivity contribution in [3.63, 3.8) is 0 Å². The maximum Gasteiger partial charge on any atom is 0.129 e. The predicted molar refractivity (Wildman–Crippen MR) is 73.7 cm³/mol. The number of ether oxygens (including phenoxy) is 1. The van der Waals surface area contributed by atoms with Crippen LogP contribution in [-0.4, -0.2) is 4.98 Å². The largest absolute Gasteiger partial charge is 0.489 e. The van der Waals surface area contributed by atoms with Crippen molar-refractivity contribution >= 4 is 10.9 Å². The maximum atomic E-state index is 13.6. The molecule has 1 N–H and O–H groups in total. The van der Waals surface area contributed by atoms with E-state index in [9.17, 15) is 4.39 Å². The van der Waals surface area contributed by atoms with Crippen molar-refractivity contribution in [2.24, 2.45) is 0 Å². The standard InChI is InChI=1S/C16H11FN2O/c17-15-3-1-11(9-18)7-13(15)10-20-14-2-4-16-12(8-14)5-6-19-16/h1-8,19H,10H2. The summed E-state index contributed by atoms with van der Waals surface area (Å²) in [6.45, 7) is 0.0945. The fourth-order valence-corrected chi connectivity index (χ4v) is 2.04. The van der Waals surface area contributed by atoms with Gasteiger partial charge < -0.3 is 9.72 Å². The second kappa shape index (κ2) is 5.06. The molecule has 20 heavy (non-hydrogen) atoms. The second-order valence-corrected chi connectivity index (χ2v) is 4.43. The van der Waals surface area contributed by atoms with Gasteiger partial charge in [0.15, 0.2) is 0 Å². The number of H-pyrrole nitrogens is 1. The number of hydrogen-bond donors (Lipinski definition) is 1. The number of nitrogens with zero attached hydrogens (tertiary/aromatic N) is 1. The van der Waals surface area contributed by atoms with E-state index in [2.05, 4.69) is 4.98 Å². The average molecular weight is 266 g/mol. The van der Waals surface area contributed by atoms with Crippen molar-refractivity contribution in [3.8, 4) is 11.8 Å². The summed E-state index contributed by atoms with van der Waals surface area (Å²) in [6.07, 6.45) is 1.85. The third-order valence-corrected chi connectivity index (χ3v) is 3.09. The molecule has 0 aliphatic carbocycles. The third-order valence-electron chi connectivity index (χ3n) is 3.09. The highest BCUT2D eigenvalue weighted by Crippen LogP contribution is 2.21. The van der Waals surface area contributed by atoms with Crippen molar-refractivity contribution in [1.29, 1.82) is 5.26 Å². The van der Waals surface area contributed by atoms with Gasteiger partial charge in [0, 0.05) is 22.7 Å². The molecule has 3 aromatic rings. The molecule has 4 heteroatoms. The van der Waals surface area contributed by atoms with Gasteiger partial charge in [0.2, 0.25) is 0 Å². The quantitative estimate of drug-likeness (QED) is 0.784. The summed E-state index contributed by atoms with van der Waals surface area (Å²) in [5.41, 5.74) is 1.82. The van der Waals surface area contributed by atoms with Gasteiger partial charge in [0.1, 0.15) is 18.2 Å². The highest BCUT2D eigenvalue weighted by Gasteiger charge is 2.05. The minimum Gasteiger partial charge on any atom is -0.489 e. The van der Waals surface area contributed by atoms with Crippen LogP contribution in [0.15, 0.2) is 48.7 Å². The van der Waals surface area contributed by atoms with Crippen LogP contribution in [0.3, 0.4) is 0 Å². The number of rotatable bonds is 3. The van der Waals surface area contributed by atoms with Crippen molar-refractivity contribution in [2.75, 3.05) is 0 Å². The van der Waals surface area contributed by atoms with Gasteiger partial charge >= 0.3 is 0 Å². The molecule has 1 aromatic heterocycles. The summed E-state index contributed by atoms with van der Waals surface area (Å²) in [5.74, 6) is 0.297. The Bertz CT molecular complexity index is 802. The Morgan fingerprint density at radius 3 is 2.90 bits per heavy atom. The minimum absolute atomic E-state index is 0.0945. The van der Waals surface area contributed by atoms with Gasteiger partial charge in [-0.2, -0.15) is 5.26 Å². The molecule has 0 spiro atoms. The molecular formula is C16H11FN2O. The molecule has 0 aliphatic rings. The van der Waals surface area contributed by atoms with Crippen molar-refractivity contribution in [2.45, 2.75) is 6.61 Å². The van der Waals surface area contributed by atoms with Crippen molar-refractivity contribution in [3.05, 3.63) is 65.6 Å². The molecule has 0 saturated heterocycles. The lowest BCUT2D eigenvalue weighted by Crippen LogP contribution is -1.99. The van der Waals surface area contributed by atoms with E-state index >= 15 is 0 Å². The molecule has 98 valence electrons. The van der Waals surface area contributed by atoms with Crippen LogP contribution in [0.5, 0.6) is 5.75 Å². The Balaban J connectivity index is 1.80. The molecule has 0 bridgehead atoms. The normalized spacial score (nSPS) is 10.4. The molecule has 0 aliphatic heterocycles. The first-order chi connectivity index (χ1) is 9.76. The van der Waals surface area contributed by atoms with Crippen LogP contribution in [-0.2, 0) is 6.61 Å². The maximum absolute atomic E-state index is 13.6. The Kier molecular flexibility index (Phi) is 3.10. The number of halogens is 1. The molecule has 3 nitrogen and oxygen atoms in total. The number of aromatic nitrogens is 1. The average Bonchev–Trinajstić information content (AvgIpc) is 2.94. The zero-order valence-corrected chi connectivity index (χ0v) is 10.6. The number of hydrogen-bond acceptors (Lipinski definition) is 2. The molecule has 0 amide bonds. The third kappa shape index (κ3) is 2.34. The van der Waals surface area contributed by atoms with E-state index in [-0.39, 0.29) is 12.4 Å². The number of nitrogens with one attached hydrogen (secondary N) is 1. The molecular weight excluding hydrogens is 255 g/mol. The lowest BCUT2D eigenvalue weighted by molar-refractivity contribution is 0.300. The SMILES string of the molecule is N#Cc1ccc(F)c(COc2ccc3[nH]ccc3c2)c1. The summed E-state index contributed by atoms with van der Waals surface area (Å²) in [7, 11) is 0. The van der Waals surface area contributed by atoms with E-state index in [1.54, 1.807) is 0 Å². The van der Waals surface area contributed by atoms with Gasteiger partial charge in [-0.25, -0.2) is 4.39 Å². The first kappa shape index (κ1) is 12.2. The van der Waals surface area contributed by atoms with Crippen LogP contribution in [0.2, 0.25) is 0 Å². The van der Waals surface area contributed by atoms with E-state index < -0.39 is 0 Å². The summed E-state index contributed by atoms with van der Waals surface area (Å²) < 4.78 is 19.2. The van der Waals surface area contributed by atoms with Crippen LogP contribution < -0.4 is 4.74 Å². The molecule has 1 heterocycles. The van der Waals surface area contributed by atoms with E-state index in [1.165, 1.54) is 18.2 Å². The highest BCUT2D eigenvalue weighted by atomic mass is 19.1. The van der Waals surface area contributed by atoms with Crippen LogP contribution in [0.1, 0.15) is 11.1 Å². The van der Waals surface area contributed by atoms with Gasteiger partial charge in [-0.1, -0.05) is 0 Å². The summed E-state index contributed by atoms with van der Waals surface area (Å²) in [4.78, 5) is 3.09. The van der Waals surface area contributed by atoms with Gasteiger partial charge in [0.05, 0.1) is 11.6 Å². The molecule has 0 unspecified atom stereocenters. The van der Waals surface area contributed by atoms with E-state index in [0.717, 1.165) is 10.9 Å². The van der Waals surface area contributed by atoms with Crippen molar-refractivity contribution in [1.82, 2.24) is 4.98 Å². The van der Waals surface area contributed by atoms with E-state index in [1.807, 2.05) is 36.5 Å². The lowest BCUT2D eigenvalue weighted by atomic mass is 10.1. The summed E-state index contributed by atoms with van der Waals surface area (Å²) in [6, 6.07) is 13.8. The summed E-state index contributed by atoms with van der Waals surface area (Å²) in [5, 5.41) is 9.85. The van der Waals surface area contributed by atoms with Crippen molar-refractivity contribution < 1.29 is 9.13 Å². The monoisotopic (exact) mass is 266 g/mol. The van der Waals surface area contributed by atoms with Gasteiger partial charge in [0.25, 0.3) is 0 Å². The molecule has 0 radical (unpaired) electrons. The minimum atomic E-state index is -0.369. The van der Waals surface area contributed by atoms with Gasteiger partial charge in [-0.05, 0) is 42.5 Å². The summed E-state index contributed by atoms with van der Waals surface area (Å²) >= 11 is 0. The van der Waals surface area contributed by atoms with E-state index in [0.29, 0.717) is 16.9 Å². The molecule has 0 atom stereocenters. The number of nitriles is 1. The van der Waals surface area contributed by atoms with Gasteiger partial charge in [-0.3, -0.25) is 0 Å². The fraction of sp³-hybridized carbons (Fsp3) is 0.0625. The Morgan fingerprint density at radius 1 is 1.15 bits per heavy atom. The Morgan fingerprint density at radius 2 is 2.05 bits per heavy atom. The zero-order chi connectivity index (χ0) is 13.9. The number of aromatic amines is 1. The number of benzene rings is 2. The van der Waals surface area contributed by atoms with Crippen LogP contribution in [0, 0.1) is 17.1 Å². The molecule has 0 fully saturated rings. The Hall–Kier alpha value is -2.80. The molecule has 3 rings (SSSR count). The van der Waals surface area contributed by atoms with Crippen LogP contribution >= 0.6 is 0 Å². The van der Waals surface area contributed by atoms with Gasteiger partial charge in [-0.15, -0.1) is 0 Å². The molecule has 0 saturated carbocycles. The fourth-order valence-electron chi connectivity index (χ4n) is 2.04. The van der Waals surface area contributed by atoms with Crippen LogP contribution in [0.25, 0.3) is 10.9 Å². The smallest absolute Gasteiger partial charge is 0.129 e. The van der Waals surface area contributed by atoms with Crippen LogP contribution in [0.4, 0.5) is 4.39 Å². The second-order valence-electron chi connectivity index (χ2n) is 4.43. The Labute approximate surface area is 115 Å². The molecule has 2 aromatic carbocycles. The first-order valence-electron chi connectivity index (χ1n) is 6.15. The predicted octanol–water partition coefficient (Wildman–Crippen LogP) is 3.76. The topological polar surface area (TPSA) is 48.8 Å². The lowest BCUT2D eigenvalue weighted by Gasteiger charge is -2.07. The zero-order valence-electron chi connectivity index (χ0n) is 10.6. The highest BCUT2D eigenvalue weighted by molar-refractivity contribution is 5.80.